The van der Waals surface area contributed by atoms with Crippen molar-refractivity contribution in [3.63, 3.8) is 0 Å². The second-order valence-electron chi connectivity index (χ2n) is 6.64. The van der Waals surface area contributed by atoms with Gasteiger partial charge in [-0.25, -0.2) is 4.79 Å². The van der Waals surface area contributed by atoms with Gasteiger partial charge in [-0.05, 0) is 42.3 Å². The summed E-state index contributed by atoms with van der Waals surface area (Å²) in [6.07, 6.45) is 1.16. The monoisotopic (exact) mass is 417 g/mol. The molecule has 10 heteroatoms. The Labute approximate surface area is 170 Å². The number of nitrogens with zero attached hydrogens (tertiary/aromatic N) is 4. The van der Waals surface area contributed by atoms with Gasteiger partial charge in [0.15, 0.2) is 16.9 Å². The topological polar surface area (TPSA) is 108 Å². The summed E-state index contributed by atoms with van der Waals surface area (Å²) in [5.41, 5.74) is 0.0643. The lowest BCUT2D eigenvalue weighted by molar-refractivity contribution is -0.116. The highest BCUT2D eigenvalue weighted by Crippen LogP contribution is 2.17. The summed E-state index contributed by atoms with van der Waals surface area (Å²) in [4.78, 5) is 53.0. The smallest absolute Gasteiger partial charge is 0.326 e. The lowest BCUT2D eigenvalue weighted by Crippen LogP contribution is -2.37. The van der Waals surface area contributed by atoms with Crippen molar-refractivity contribution in [2.24, 2.45) is 14.1 Å². The van der Waals surface area contributed by atoms with Crippen molar-refractivity contribution in [3.05, 3.63) is 56.0 Å². The maximum Gasteiger partial charge on any atom is 0.332 e. The van der Waals surface area contributed by atoms with E-state index in [1.54, 1.807) is 24.3 Å². The zero-order valence-electron chi connectivity index (χ0n) is 16.2. The van der Waals surface area contributed by atoms with Gasteiger partial charge in [0.1, 0.15) is 0 Å². The maximum atomic E-state index is 12.7. The molecule has 1 N–H and O–H groups in total. The van der Waals surface area contributed by atoms with Gasteiger partial charge in [0, 0.05) is 31.8 Å². The summed E-state index contributed by atoms with van der Waals surface area (Å²) in [6, 6.07) is 6.45. The van der Waals surface area contributed by atoms with Gasteiger partial charge in [0.05, 0.1) is 6.54 Å². The van der Waals surface area contributed by atoms with Gasteiger partial charge in [-0.2, -0.15) is 4.98 Å². The van der Waals surface area contributed by atoms with Crippen LogP contribution < -0.4 is 16.6 Å². The van der Waals surface area contributed by atoms with Crippen molar-refractivity contribution in [3.8, 4) is 0 Å². The molecule has 0 aliphatic carbocycles. The van der Waals surface area contributed by atoms with E-state index in [0.717, 1.165) is 11.0 Å². The van der Waals surface area contributed by atoms with Crippen molar-refractivity contribution in [1.29, 1.82) is 0 Å². The molecule has 0 aliphatic rings. The Hall–Kier alpha value is -3.20. The molecular weight excluding hydrogens is 398 g/mol. The minimum atomic E-state index is -0.579. The third-order valence-corrected chi connectivity index (χ3v) is 4.86. The number of hydrogen-bond donors (Lipinski definition) is 1. The van der Waals surface area contributed by atoms with Crippen molar-refractivity contribution in [1.82, 2.24) is 18.7 Å². The van der Waals surface area contributed by atoms with E-state index in [2.05, 4.69) is 10.3 Å². The molecule has 3 aromatic rings. The number of carbonyl (C=O) groups excluding carboxylic acids is 2. The third-order valence-electron chi connectivity index (χ3n) is 4.57. The average molecular weight is 418 g/mol. The van der Waals surface area contributed by atoms with Gasteiger partial charge in [-0.1, -0.05) is 6.92 Å². The average Bonchev–Trinajstić information content (AvgIpc) is 3.01. The summed E-state index contributed by atoms with van der Waals surface area (Å²) in [5, 5.41) is 2.69. The van der Waals surface area contributed by atoms with Gasteiger partial charge in [0.2, 0.25) is 11.2 Å². The Bertz CT molecular complexity index is 1220. The van der Waals surface area contributed by atoms with Crippen LogP contribution in [0.1, 0.15) is 30.1 Å². The first kappa shape index (κ1) is 20.5. The molecule has 0 fully saturated rings. The fourth-order valence-electron chi connectivity index (χ4n) is 2.99. The quantitative estimate of drug-likeness (QED) is 0.485. The summed E-state index contributed by atoms with van der Waals surface area (Å²) in [6.45, 7) is 1.70. The van der Waals surface area contributed by atoms with Gasteiger partial charge >= 0.3 is 5.69 Å². The van der Waals surface area contributed by atoms with E-state index < -0.39 is 11.2 Å². The number of nitrogens with one attached hydrogen (secondary N) is 1. The summed E-state index contributed by atoms with van der Waals surface area (Å²) < 4.78 is 3.43. The molecule has 0 saturated carbocycles. The molecule has 0 aliphatic heterocycles. The number of imidazole rings is 1. The van der Waals surface area contributed by atoms with Gasteiger partial charge in [-0.15, -0.1) is 0 Å². The van der Waals surface area contributed by atoms with Crippen molar-refractivity contribution >= 4 is 40.1 Å². The summed E-state index contributed by atoms with van der Waals surface area (Å²) in [5.74, 6) is -0.391. The number of anilines is 1. The highest BCUT2D eigenvalue weighted by Gasteiger charge is 2.20. The van der Waals surface area contributed by atoms with Gasteiger partial charge in [-0.3, -0.25) is 23.5 Å². The van der Waals surface area contributed by atoms with E-state index in [1.807, 2.05) is 6.92 Å². The van der Waals surface area contributed by atoms with E-state index in [1.165, 1.54) is 23.2 Å². The van der Waals surface area contributed by atoms with E-state index in [9.17, 15) is 19.2 Å². The number of rotatable bonds is 6. The number of carbonyl (C=O) groups is 2. The Balaban J connectivity index is 1.91. The van der Waals surface area contributed by atoms with Crippen LogP contribution in [0.3, 0.4) is 0 Å². The van der Waals surface area contributed by atoms with E-state index >= 15 is 0 Å². The molecule has 29 heavy (non-hydrogen) atoms. The molecule has 3 rings (SSSR count). The lowest BCUT2D eigenvalue weighted by atomic mass is 10.1. The normalized spacial score (nSPS) is 11.0. The number of halogens is 1. The molecule has 0 radical (unpaired) electrons. The number of aromatic nitrogens is 4. The molecule has 0 spiro atoms. The molecule has 0 atom stereocenters. The SMILES string of the molecule is CCCC(=O)Nc1ccc(C(=O)Cn2c(Cl)nc3c2c(=O)n(C)c(=O)n3C)cc1. The zero-order chi connectivity index (χ0) is 21.3. The second kappa shape index (κ2) is 8.04. The number of aryl methyl sites for hydroxylation is 1. The molecule has 2 aromatic heterocycles. The van der Waals surface area contributed by atoms with Crippen molar-refractivity contribution in [2.75, 3.05) is 5.32 Å². The lowest BCUT2D eigenvalue weighted by Gasteiger charge is -2.08. The Morgan fingerprint density at radius 3 is 2.38 bits per heavy atom. The third kappa shape index (κ3) is 3.86. The highest BCUT2D eigenvalue weighted by molar-refractivity contribution is 6.29. The highest BCUT2D eigenvalue weighted by atomic mass is 35.5. The maximum absolute atomic E-state index is 12.7. The summed E-state index contributed by atoms with van der Waals surface area (Å²) in [7, 11) is 2.83. The van der Waals surface area contributed by atoms with Crippen LogP contribution in [0.5, 0.6) is 0 Å². The van der Waals surface area contributed by atoms with Crippen LogP contribution in [0, 0.1) is 0 Å². The molecule has 9 nitrogen and oxygen atoms in total. The fourth-order valence-corrected chi connectivity index (χ4v) is 3.21. The number of Topliss-reactive ketones (excluding diaryl/α,β-unsaturated/α-hetero) is 1. The predicted octanol–water partition coefficient (Wildman–Crippen LogP) is 1.71. The fraction of sp³-hybridized carbons (Fsp3) is 0.316. The molecule has 1 amide bonds. The Kier molecular flexibility index (Phi) is 5.69. The first-order valence-corrected chi connectivity index (χ1v) is 9.37. The van der Waals surface area contributed by atoms with Crippen LogP contribution in [0.15, 0.2) is 33.9 Å². The van der Waals surface area contributed by atoms with Gasteiger partial charge in [0.25, 0.3) is 5.56 Å². The van der Waals surface area contributed by atoms with Crippen LogP contribution in [-0.2, 0) is 25.4 Å². The number of ketones is 1. The molecule has 2 heterocycles. The first-order valence-electron chi connectivity index (χ1n) is 8.99. The minimum absolute atomic E-state index is 0.0601. The summed E-state index contributed by atoms with van der Waals surface area (Å²) >= 11 is 6.15. The van der Waals surface area contributed by atoms with Crippen LogP contribution in [0.2, 0.25) is 5.28 Å². The first-order chi connectivity index (χ1) is 13.7. The number of fused-ring (bicyclic) bond motifs is 1. The Morgan fingerprint density at radius 1 is 1.10 bits per heavy atom. The van der Waals surface area contributed by atoms with E-state index in [-0.39, 0.29) is 34.7 Å². The van der Waals surface area contributed by atoms with E-state index in [4.69, 9.17) is 11.6 Å². The molecule has 1 aromatic carbocycles. The predicted molar refractivity (Wildman–Crippen MR) is 110 cm³/mol. The second-order valence-corrected chi connectivity index (χ2v) is 6.98. The molecular formula is C19H20ClN5O4. The Morgan fingerprint density at radius 2 is 1.76 bits per heavy atom. The number of amides is 1. The van der Waals surface area contributed by atoms with Crippen molar-refractivity contribution in [2.45, 2.75) is 26.3 Å². The van der Waals surface area contributed by atoms with Crippen molar-refractivity contribution < 1.29 is 9.59 Å². The van der Waals surface area contributed by atoms with Crippen LogP contribution >= 0.6 is 11.6 Å². The number of hydrogen-bond acceptors (Lipinski definition) is 5. The standard InChI is InChI=1S/C19H20ClN5O4/c1-4-5-14(27)21-12-8-6-11(7-9-12)13(26)10-25-15-16(22-18(25)20)23(2)19(29)24(3)17(15)28/h6-9H,4-5,10H2,1-3H3,(H,21,27). The molecule has 0 bridgehead atoms. The number of benzene rings is 1. The largest absolute Gasteiger partial charge is 0.332 e. The van der Waals surface area contributed by atoms with E-state index in [0.29, 0.717) is 17.7 Å². The van der Waals surface area contributed by atoms with Crippen LogP contribution in [-0.4, -0.2) is 30.4 Å². The molecule has 152 valence electrons. The zero-order valence-corrected chi connectivity index (χ0v) is 17.0. The van der Waals surface area contributed by atoms with Crippen LogP contribution in [0.25, 0.3) is 11.2 Å². The van der Waals surface area contributed by atoms with Gasteiger partial charge < -0.3 is 9.88 Å². The minimum Gasteiger partial charge on any atom is -0.326 e. The molecule has 0 saturated heterocycles. The van der Waals surface area contributed by atoms with Crippen LogP contribution in [0.4, 0.5) is 5.69 Å². The molecule has 0 unspecified atom stereocenters.